The summed E-state index contributed by atoms with van der Waals surface area (Å²) >= 11 is 1.33. The Bertz CT molecular complexity index is 914. The molecule has 2 aromatic rings. The minimum absolute atomic E-state index is 0.155. The van der Waals surface area contributed by atoms with Gasteiger partial charge in [-0.3, -0.25) is 9.59 Å². The first-order valence-corrected chi connectivity index (χ1v) is 8.73. The molecule has 4 heteroatoms. The SMILES string of the molecule is CN1/C(=C\C=C2\C(=O)c3ccsc3C2=O)C(C)(C)c2ccccc21. The van der Waals surface area contributed by atoms with Crippen molar-refractivity contribution in [2.75, 3.05) is 11.9 Å². The van der Waals surface area contributed by atoms with E-state index in [1.807, 2.05) is 25.3 Å². The molecule has 0 saturated heterocycles. The Hall–Kier alpha value is -2.46. The lowest BCUT2D eigenvalue weighted by molar-refractivity contribution is 0.0989. The highest BCUT2D eigenvalue weighted by Gasteiger charge is 2.38. The first-order valence-electron chi connectivity index (χ1n) is 7.85. The number of nitrogens with zero attached hydrogens (tertiary/aromatic N) is 1. The maximum absolute atomic E-state index is 12.4. The number of carbonyl (C=O) groups excluding carboxylic acids is 2. The number of para-hydroxylation sites is 1. The minimum Gasteiger partial charge on any atom is -0.347 e. The van der Waals surface area contributed by atoms with Crippen molar-refractivity contribution in [3.63, 3.8) is 0 Å². The molecule has 1 aromatic heterocycles. The largest absolute Gasteiger partial charge is 0.347 e. The lowest BCUT2D eigenvalue weighted by Gasteiger charge is -2.23. The molecule has 2 aliphatic rings. The van der Waals surface area contributed by atoms with Crippen molar-refractivity contribution in [3.05, 3.63) is 75.1 Å². The molecule has 0 unspecified atom stereocenters. The Labute approximate surface area is 144 Å². The van der Waals surface area contributed by atoms with Crippen LogP contribution in [-0.2, 0) is 5.41 Å². The fourth-order valence-corrected chi connectivity index (χ4v) is 4.49. The molecule has 1 aromatic carbocycles. The summed E-state index contributed by atoms with van der Waals surface area (Å²) in [6, 6.07) is 10.0. The third kappa shape index (κ3) is 1.89. The molecule has 0 amide bonds. The summed E-state index contributed by atoms with van der Waals surface area (Å²) in [6.07, 6.45) is 3.61. The van der Waals surface area contributed by atoms with Crippen LogP contribution in [0.5, 0.6) is 0 Å². The average molecular weight is 335 g/mol. The van der Waals surface area contributed by atoms with Crippen LogP contribution in [0.3, 0.4) is 0 Å². The van der Waals surface area contributed by atoms with Gasteiger partial charge in [0.05, 0.1) is 10.5 Å². The van der Waals surface area contributed by atoms with Crippen LogP contribution in [0.4, 0.5) is 5.69 Å². The van der Waals surface area contributed by atoms with Crippen LogP contribution in [0.2, 0.25) is 0 Å². The van der Waals surface area contributed by atoms with Crippen LogP contribution in [0.1, 0.15) is 39.4 Å². The summed E-state index contributed by atoms with van der Waals surface area (Å²) in [5.41, 5.74) is 4.13. The number of carbonyl (C=O) groups is 2. The molecule has 0 radical (unpaired) electrons. The molecule has 0 spiro atoms. The van der Waals surface area contributed by atoms with Gasteiger partial charge in [-0.1, -0.05) is 32.0 Å². The summed E-state index contributed by atoms with van der Waals surface area (Å²) in [5.74, 6) is -0.318. The number of likely N-dealkylation sites (N-methyl/N-ethyl adjacent to an activating group) is 1. The molecule has 0 atom stereocenters. The van der Waals surface area contributed by atoms with Crippen molar-refractivity contribution in [1.82, 2.24) is 0 Å². The van der Waals surface area contributed by atoms with E-state index in [9.17, 15) is 9.59 Å². The molecule has 3 nitrogen and oxygen atoms in total. The normalized spacial score (nSPS) is 21.7. The van der Waals surface area contributed by atoms with Gasteiger partial charge in [-0.05, 0) is 35.2 Å². The number of hydrogen-bond donors (Lipinski definition) is 0. The Kier molecular flexibility index (Phi) is 3.15. The van der Waals surface area contributed by atoms with Crippen molar-refractivity contribution in [3.8, 4) is 0 Å². The van der Waals surface area contributed by atoms with E-state index in [4.69, 9.17) is 0 Å². The highest BCUT2D eigenvalue weighted by Crippen LogP contribution is 2.46. The number of hydrogen-bond acceptors (Lipinski definition) is 4. The van der Waals surface area contributed by atoms with Gasteiger partial charge in [0.2, 0.25) is 5.78 Å². The number of fused-ring (bicyclic) bond motifs is 2. The zero-order valence-corrected chi connectivity index (χ0v) is 14.6. The monoisotopic (exact) mass is 335 g/mol. The van der Waals surface area contributed by atoms with E-state index >= 15 is 0 Å². The number of thiophene rings is 1. The first kappa shape index (κ1) is 15.1. The van der Waals surface area contributed by atoms with Gasteiger partial charge < -0.3 is 4.90 Å². The number of allylic oxidation sites excluding steroid dienone is 4. The van der Waals surface area contributed by atoms with Gasteiger partial charge >= 0.3 is 0 Å². The lowest BCUT2D eigenvalue weighted by atomic mass is 9.83. The third-order valence-electron chi connectivity index (χ3n) is 4.95. The highest BCUT2D eigenvalue weighted by atomic mass is 32.1. The Balaban J connectivity index is 1.77. The van der Waals surface area contributed by atoms with Crippen LogP contribution >= 0.6 is 11.3 Å². The number of rotatable bonds is 1. The van der Waals surface area contributed by atoms with Gasteiger partial charge in [0.15, 0.2) is 5.78 Å². The second-order valence-corrected chi connectivity index (χ2v) is 7.57. The fourth-order valence-electron chi connectivity index (χ4n) is 3.65. The molecule has 0 fully saturated rings. The first-order chi connectivity index (χ1) is 11.4. The molecule has 1 aliphatic carbocycles. The Morgan fingerprint density at radius 3 is 2.50 bits per heavy atom. The Morgan fingerprint density at radius 2 is 1.79 bits per heavy atom. The van der Waals surface area contributed by atoms with E-state index in [1.54, 1.807) is 17.5 Å². The van der Waals surface area contributed by atoms with E-state index in [1.165, 1.54) is 16.9 Å². The second-order valence-electron chi connectivity index (χ2n) is 6.66. The number of benzene rings is 1. The van der Waals surface area contributed by atoms with Gasteiger partial charge in [0.1, 0.15) is 0 Å². The van der Waals surface area contributed by atoms with E-state index in [0.29, 0.717) is 10.4 Å². The van der Waals surface area contributed by atoms with E-state index in [-0.39, 0.29) is 22.6 Å². The van der Waals surface area contributed by atoms with Crippen LogP contribution in [0, 0.1) is 0 Å². The van der Waals surface area contributed by atoms with Crippen molar-refractivity contribution in [2.45, 2.75) is 19.3 Å². The van der Waals surface area contributed by atoms with Gasteiger partial charge in [-0.15, -0.1) is 11.3 Å². The third-order valence-corrected chi connectivity index (χ3v) is 5.87. The van der Waals surface area contributed by atoms with Crippen molar-refractivity contribution >= 4 is 28.6 Å². The molecule has 24 heavy (non-hydrogen) atoms. The van der Waals surface area contributed by atoms with E-state index < -0.39 is 0 Å². The topological polar surface area (TPSA) is 37.4 Å². The molecule has 0 saturated carbocycles. The molecular weight excluding hydrogens is 318 g/mol. The lowest BCUT2D eigenvalue weighted by Crippen LogP contribution is -2.22. The van der Waals surface area contributed by atoms with Crippen molar-refractivity contribution in [1.29, 1.82) is 0 Å². The quantitative estimate of drug-likeness (QED) is 0.574. The second kappa shape index (κ2) is 5.02. The van der Waals surface area contributed by atoms with Gasteiger partial charge in [-0.25, -0.2) is 0 Å². The van der Waals surface area contributed by atoms with E-state index in [0.717, 1.165) is 11.4 Å². The van der Waals surface area contributed by atoms with Crippen LogP contribution in [-0.4, -0.2) is 18.6 Å². The summed E-state index contributed by atoms with van der Waals surface area (Å²) in [6.45, 7) is 4.32. The zero-order chi connectivity index (χ0) is 17.1. The highest BCUT2D eigenvalue weighted by molar-refractivity contribution is 7.13. The van der Waals surface area contributed by atoms with Crippen molar-refractivity contribution in [2.24, 2.45) is 0 Å². The predicted molar refractivity (Wildman–Crippen MR) is 97.0 cm³/mol. The fraction of sp³-hybridized carbons (Fsp3) is 0.200. The van der Waals surface area contributed by atoms with Crippen LogP contribution in [0.15, 0.2) is 59.1 Å². The molecule has 4 rings (SSSR count). The molecule has 0 bridgehead atoms. The predicted octanol–water partition coefficient (Wildman–Crippen LogP) is 4.37. The number of Topliss-reactive ketones (excluding diaryl/α,β-unsaturated/α-hetero) is 2. The maximum atomic E-state index is 12.4. The number of anilines is 1. The summed E-state index contributed by atoms with van der Waals surface area (Å²) in [4.78, 5) is 27.5. The van der Waals surface area contributed by atoms with Crippen LogP contribution in [0.25, 0.3) is 0 Å². The maximum Gasteiger partial charge on any atom is 0.207 e. The zero-order valence-electron chi connectivity index (χ0n) is 13.8. The molecule has 0 N–H and O–H groups in total. The summed E-state index contributed by atoms with van der Waals surface area (Å²) in [7, 11) is 2.02. The van der Waals surface area contributed by atoms with Gasteiger partial charge in [-0.2, -0.15) is 0 Å². The molecular formula is C20H17NO2S. The molecule has 120 valence electrons. The smallest absolute Gasteiger partial charge is 0.207 e. The molecule has 2 heterocycles. The minimum atomic E-state index is -0.169. The van der Waals surface area contributed by atoms with Crippen molar-refractivity contribution < 1.29 is 9.59 Å². The Morgan fingerprint density at radius 1 is 1.04 bits per heavy atom. The van der Waals surface area contributed by atoms with Gasteiger partial charge in [0, 0.05) is 29.4 Å². The summed E-state index contributed by atoms with van der Waals surface area (Å²) < 4.78 is 0. The number of ketones is 2. The summed E-state index contributed by atoms with van der Waals surface area (Å²) in [5, 5.41) is 1.79. The van der Waals surface area contributed by atoms with E-state index in [2.05, 4.69) is 30.9 Å². The van der Waals surface area contributed by atoms with Crippen LogP contribution < -0.4 is 4.90 Å². The van der Waals surface area contributed by atoms with Gasteiger partial charge in [0.25, 0.3) is 0 Å². The molecule has 1 aliphatic heterocycles. The average Bonchev–Trinajstić information content (AvgIpc) is 3.18. The standard InChI is InChI=1S/C20H17NO2S/c1-20(2)14-6-4-5-7-15(14)21(3)16(20)9-8-12-17(22)13-10-11-24-19(13)18(12)23/h4-11H,1-3H3/b12-8-,16-9-.